The second-order valence-electron chi connectivity index (χ2n) is 6.34. The number of nitriles is 2. The van der Waals surface area contributed by atoms with Crippen LogP contribution in [0.1, 0.15) is 30.9 Å². The van der Waals surface area contributed by atoms with Crippen LogP contribution >= 0.6 is 0 Å². The molecule has 3 atom stereocenters. The van der Waals surface area contributed by atoms with Crippen molar-refractivity contribution in [2.45, 2.75) is 31.9 Å². The van der Waals surface area contributed by atoms with Crippen molar-refractivity contribution in [3.8, 4) is 12.1 Å². The number of hydrogen-bond acceptors (Lipinski definition) is 6. The molecule has 1 aliphatic heterocycles. The molecule has 9 heteroatoms. The highest BCUT2D eigenvalue weighted by Crippen LogP contribution is 2.82. The van der Waals surface area contributed by atoms with Crippen molar-refractivity contribution in [2.24, 2.45) is 21.6 Å². The van der Waals surface area contributed by atoms with Gasteiger partial charge in [0.15, 0.2) is 5.41 Å². The standard InChI is InChI=1S/C18H17F3N4O2/c1-3-26-18(27-4-2)16(10-23)13(15(16,9-22)14(24)25-18)11-6-5-7-12(8-11)17(19,20)21/h5-8,13H,3-4H2,1-2H3,(H2,24,25)/t13-,15+,16-/m1/s1. The normalized spacial score (nSPS) is 30.8. The van der Waals surface area contributed by atoms with Crippen LogP contribution in [0.5, 0.6) is 0 Å². The van der Waals surface area contributed by atoms with Crippen molar-refractivity contribution in [1.29, 1.82) is 10.5 Å². The number of ether oxygens (including phenoxy) is 2. The van der Waals surface area contributed by atoms with Crippen LogP contribution in [0, 0.1) is 33.5 Å². The van der Waals surface area contributed by atoms with Gasteiger partial charge in [0.05, 0.1) is 17.7 Å². The van der Waals surface area contributed by atoms with Crippen LogP contribution in [0.25, 0.3) is 0 Å². The zero-order chi connectivity index (χ0) is 20.1. The Bertz CT molecular complexity index is 880. The van der Waals surface area contributed by atoms with E-state index >= 15 is 0 Å². The minimum absolute atomic E-state index is 0.108. The van der Waals surface area contributed by atoms with Crippen LogP contribution in [0.4, 0.5) is 13.2 Å². The molecule has 0 aromatic heterocycles. The Kier molecular flexibility index (Phi) is 4.22. The number of amidine groups is 1. The van der Waals surface area contributed by atoms with Crippen LogP contribution in [-0.2, 0) is 15.7 Å². The zero-order valence-corrected chi connectivity index (χ0v) is 14.7. The van der Waals surface area contributed by atoms with E-state index < -0.39 is 34.4 Å². The van der Waals surface area contributed by atoms with E-state index in [2.05, 4.69) is 11.1 Å². The summed E-state index contributed by atoms with van der Waals surface area (Å²) >= 11 is 0. The molecule has 2 N–H and O–H groups in total. The van der Waals surface area contributed by atoms with E-state index in [0.717, 1.165) is 12.1 Å². The van der Waals surface area contributed by atoms with E-state index in [4.69, 9.17) is 15.2 Å². The average molecular weight is 378 g/mol. The lowest BCUT2D eigenvalue weighted by molar-refractivity contribution is -0.255. The van der Waals surface area contributed by atoms with E-state index in [9.17, 15) is 23.7 Å². The highest BCUT2D eigenvalue weighted by atomic mass is 19.4. The van der Waals surface area contributed by atoms with Gasteiger partial charge in [0.1, 0.15) is 11.3 Å². The molecule has 1 aromatic carbocycles. The molecule has 2 aliphatic rings. The molecule has 1 aliphatic carbocycles. The highest BCUT2D eigenvalue weighted by Gasteiger charge is 2.93. The molecule has 0 amide bonds. The van der Waals surface area contributed by atoms with Gasteiger partial charge < -0.3 is 15.2 Å². The molecule has 142 valence electrons. The number of aliphatic imine (C=N–C) groups is 1. The summed E-state index contributed by atoms with van der Waals surface area (Å²) in [6.45, 7) is 3.53. The second-order valence-corrected chi connectivity index (χ2v) is 6.34. The minimum atomic E-state index is -4.56. The van der Waals surface area contributed by atoms with E-state index in [1.807, 2.05) is 6.07 Å². The fraction of sp³-hybridized carbons (Fsp3) is 0.500. The SMILES string of the molecule is CCOC1(OCC)N=C(N)[C@]2(C#N)[C@@H](c3cccc(C(F)(F)F)c3)[C@@]12C#N. The van der Waals surface area contributed by atoms with Crippen LogP contribution in [-0.4, -0.2) is 25.0 Å². The summed E-state index contributed by atoms with van der Waals surface area (Å²) in [5.41, 5.74) is 2.01. The molecule has 27 heavy (non-hydrogen) atoms. The van der Waals surface area contributed by atoms with Crippen molar-refractivity contribution < 1.29 is 22.6 Å². The van der Waals surface area contributed by atoms with Gasteiger partial charge in [-0.3, -0.25) is 0 Å². The lowest BCUT2D eigenvalue weighted by Crippen LogP contribution is -2.43. The van der Waals surface area contributed by atoms with Crippen molar-refractivity contribution in [3.63, 3.8) is 0 Å². The Hall–Kier alpha value is -2.62. The second kappa shape index (κ2) is 5.95. The first-order valence-corrected chi connectivity index (χ1v) is 8.34. The predicted octanol–water partition coefficient (Wildman–Crippen LogP) is 2.92. The van der Waals surface area contributed by atoms with Gasteiger partial charge in [0.25, 0.3) is 5.91 Å². The van der Waals surface area contributed by atoms with Crippen LogP contribution in [0.3, 0.4) is 0 Å². The summed E-state index contributed by atoms with van der Waals surface area (Å²) in [5, 5.41) is 19.9. The van der Waals surface area contributed by atoms with Gasteiger partial charge in [-0.1, -0.05) is 18.2 Å². The summed E-state index contributed by atoms with van der Waals surface area (Å²) in [7, 11) is 0. The molecule has 1 fully saturated rings. The zero-order valence-electron chi connectivity index (χ0n) is 14.7. The van der Waals surface area contributed by atoms with E-state index in [1.165, 1.54) is 12.1 Å². The third kappa shape index (κ3) is 2.16. The first-order valence-electron chi connectivity index (χ1n) is 8.34. The number of rotatable bonds is 5. The van der Waals surface area contributed by atoms with E-state index in [-0.39, 0.29) is 24.6 Å². The first kappa shape index (κ1) is 19.2. The Morgan fingerprint density at radius 1 is 1.19 bits per heavy atom. The molecule has 0 spiro atoms. The molecule has 6 nitrogen and oxygen atoms in total. The van der Waals surface area contributed by atoms with Gasteiger partial charge in [-0.05, 0) is 25.5 Å². The minimum Gasteiger partial charge on any atom is -0.386 e. The molecule has 0 saturated heterocycles. The average Bonchev–Trinajstić information content (AvgIpc) is 3.20. The first-order chi connectivity index (χ1) is 12.7. The number of nitrogens with two attached hydrogens (primary N) is 1. The summed E-state index contributed by atoms with van der Waals surface area (Å²) < 4.78 is 50.7. The molecular formula is C18H17F3N4O2. The number of alkyl halides is 3. The van der Waals surface area contributed by atoms with Crippen LogP contribution < -0.4 is 5.73 Å². The maximum atomic E-state index is 13.1. The highest BCUT2D eigenvalue weighted by molar-refractivity contribution is 6.00. The summed E-state index contributed by atoms with van der Waals surface area (Å²) in [5.74, 6) is -2.97. The van der Waals surface area contributed by atoms with E-state index in [0.29, 0.717) is 0 Å². The monoisotopic (exact) mass is 378 g/mol. The smallest absolute Gasteiger partial charge is 0.386 e. The summed E-state index contributed by atoms with van der Waals surface area (Å²) in [4.78, 5) is 4.15. The van der Waals surface area contributed by atoms with Crippen molar-refractivity contribution in [3.05, 3.63) is 35.4 Å². The molecule has 3 rings (SSSR count). The van der Waals surface area contributed by atoms with Crippen LogP contribution in [0.2, 0.25) is 0 Å². The van der Waals surface area contributed by atoms with Gasteiger partial charge in [-0.25, -0.2) is 4.99 Å². The molecule has 1 saturated carbocycles. The Morgan fingerprint density at radius 2 is 1.81 bits per heavy atom. The van der Waals surface area contributed by atoms with Crippen LogP contribution in [0.15, 0.2) is 29.3 Å². The van der Waals surface area contributed by atoms with Gasteiger partial charge >= 0.3 is 6.18 Å². The summed E-state index contributed by atoms with van der Waals surface area (Å²) in [6, 6.07) is 8.60. The largest absolute Gasteiger partial charge is 0.416 e. The lowest BCUT2D eigenvalue weighted by atomic mass is 9.93. The quantitative estimate of drug-likeness (QED) is 0.793. The molecule has 0 radical (unpaired) electrons. The van der Waals surface area contributed by atoms with Crippen molar-refractivity contribution in [1.82, 2.24) is 0 Å². The molecule has 1 aromatic rings. The van der Waals surface area contributed by atoms with Gasteiger partial charge in [0.2, 0.25) is 0 Å². The van der Waals surface area contributed by atoms with Gasteiger partial charge in [-0.15, -0.1) is 0 Å². The van der Waals surface area contributed by atoms with E-state index in [1.54, 1.807) is 13.8 Å². The fourth-order valence-electron chi connectivity index (χ4n) is 4.14. The number of benzene rings is 1. The number of nitrogens with zero attached hydrogens (tertiary/aromatic N) is 3. The maximum absolute atomic E-state index is 13.1. The van der Waals surface area contributed by atoms with Crippen molar-refractivity contribution >= 4 is 5.84 Å². The third-order valence-electron chi connectivity index (χ3n) is 5.15. The number of halogens is 3. The Morgan fingerprint density at radius 3 is 2.30 bits per heavy atom. The predicted molar refractivity (Wildman–Crippen MR) is 87.9 cm³/mol. The molecule has 0 bridgehead atoms. The topological polar surface area (TPSA) is 104 Å². The molecular weight excluding hydrogens is 361 g/mol. The molecule has 1 heterocycles. The third-order valence-corrected chi connectivity index (χ3v) is 5.15. The maximum Gasteiger partial charge on any atom is 0.416 e. The lowest BCUT2D eigenvalue weighted by Gasteiger charge is -2.31. The van der Waals surface area contributed by atoms with Gasteiger partial charge in [0, 0.05) is 19.1 Å². The summed E-state index contributed by atoms with van der Waals surface area (Å²) in [6.07, 6.45) is -4.56. The fourth-order valence-corrected chi connectivity index (χ4v) is 4.14. The number of fused-ring (bicyclic) bond motifs is 1. The number of hydrogen-bond donors (Lipinski definition) is 1. The Labute approximate surface area is 154 Å². The van der Waals surface area contributed by atoms with Crippen molar-refractivity contribution in [2.75, 3.05) is 13.2 Å². The Balaban J connectivity index is 2.21. The van der Waals surface area contributed by atoms with Gasteiger partial charge in [-0.2, -0.15) is 23.7 Å². The molecule has 0 unspecified atom stereocenters.